The van der Waals surface area contributed by atoms with Gasteiger partial charge in [0.15, 0.2) is 18.1 Å². The molecule has 0 saturated heterocycles. The minimum atomic E-state index is -0.0189. The van der Waals surface area contributed by atoms with Gasteiger partial charge in [-0.3, -0.25) is 4.79 Å². The van der Waals surface area contributed by atoms with Crippen molar-refractivity contribution < 1.29 is 14.3 Å². The molecule has 4 nitrogen and oxygen atoms in total. The summed E-state index contributed by atoms with van der Waals surface area (Å²) >= 11 is 0. The summed E-state index contributed by atoms with van der Waals surface area (Å²) in [4.78, 5) is 14.3. The Morgan fingerprint density at radius 2 is 1.91 bits per heavy atom. The zero-order valence-corrected chi connectivity index (χ0v) is 12.8. The number of ether oxygens (including phenoxy) is 2. The molecule has 3 rings (SSSR count). The number of hydrogen-bond donors (Lipinski definition) is 0. The predicted molar refractivity (Wildman–Crippen MR) is 83.9 cm³/mol. The van der Waals surface area contributed by atoms with Gasteiger partial charge in [-0.15, -0.1) is 0 Å². The van der Waals surface area contributed by atoms with E-state index in [2.05, 4.69) is 0 Å². The van der Waals surface area contributed by atoms with E-state index in [1.54, 1.807) is 7.11 Å². The molecule has 0 saturated carbocycles. The first-order valence-electron chi connectivity index (χ1n) is 7.34. The second kappa shape index (κ2) is 6.10. The number of amides is 1. The largest absolute Gasteiger partial charge is 0.493 e. The van der Waals surface area contributed by atoms with E-state index >= 15 is 0 Å². The van der Waals surface area contributed by atoms with Crippen molar-refractivity contribution >= 4 is 5.91 Å². The van der Waals surface area contributed by atoms with Crippen LogP contribution in [0.1, 0.15) is 24.1 Å². The first kappa shape index (κ1) is 14.4. The normalized spacial score (nSPS) is 15.5. The zero-order chi connectivity index (χ0) is 15.5. The van der Waals surface area contributed by atoms with Gasteiger partial charge in [0.2, 0.25) is 0 Å². The first-order valence-corrected chi connectivity index (χ1v) is 7.34. The number of rotatable bonds is 3. The van der Waals surface area contributed by atoms with E-state index in [9.17, 15) is 4.79 Å². The molecule has 2 aromatic carbocycles. The molecular formula is C18H19NO3. The summed E-state index contributed by atoms with van der Waals surface area (Å²) in [5.41, 5.74) is 2.08. The number of benzene rings is 2. The van der Waals surface area contributed by atoms with Gasteiger partial charge < -0.3 is 14.4 Å². The fourth-order valence-corrected chi connectivity index (χ4v) is 2.76. The number of fused-ring (bicyclic) bond motifs is 1. The van der Waals surface area contributed by atoms with Crippen molar-refractivity contribution in [1.82, 2.24) is 4.90 Å². The van der Waals surface area contributed by atoms with Crippen LogP contribution in [0.5, 0.6) is 11.5 Å². The maximum Gasteiger partial charge on any atom is 0.261 e. The summed E-state index contributed by atoms with van der Waals surface area (Å²) < 4.78 is 11.0. The number of carbonyl (C=O) groups is 1. The summed E-state index contributed by atoms with van der Waals surface area (Å²) in [6, 6.07) is 15.8. The summed E-state index contributed by atoms with van der Waals surface area (Å²) in [6.45, 7) is 2.59. The molecule has 0 aromatic heterocycles. The molecular weight excluding hydrogens is 278 g/mol. The molecule has 1 unspecified atom stereocenters. The van der Waals surface area contributed by atoms with Crippen LogP contribution in [0.15, 0.2) is 48.5 Å². The lowest BCUT2D eigenvalue weighted by atomic mass is 10.1. The minimum Gasteiger partial charge on any atom is -0.493 e. The highest BCUT2D eigenvalue weighted by Crippen LogP contribution is 2.35. The van der Waals surface area contributed by atoms with E-state index in [0.717, 1.165) is 11.1 Å². The highest BCUT2D eigenvalue weighted by molar-refractivity contribution is 5.79. The molecule has 1 aliphatic heterocycles. The molecule has 1 amide bonds. The van der Waals surface area contributed by atoms with Crippen LogP contribution in [0.2, 0.25) is 0 Å². The Hall–Kier alpha value is -2.49. The van der Waals surface area contributed by atoms with Crippen LogP contribution in [0.4, 0.5) is 0 Å². The van der Waals surface area contributed by atoms with Crippen molar-refractivity contribution in [1.29, 1.82) is 0 Å². The van der Waals surface area contributed by atoms with Gasteiger partial charge in [0.25, 0.3) is 5.91 Å². The number of para-hydroxylation sites is 1. The van der Waals surface area contributed by atoms with Gasteiger partial charge in [-0.1, -0.05) is 42.5 Å². The summed E-state index contributed by atoms with van der Waals surface area (Å²) in [5, 5.41) is 0. The van der Waals surface area contributed by atoms with E-state index in [1.165, 1.54) is 0 Å². The third-order valence-corrected chi connectivity index (χ3v) is 4.03. The van der Waals surface area contributed by atoms with Crippen molar-refractivity contribution in [2.75, 3.05) is 13.7 Å². The van der Waals surface area contributed by atoms with Crippen LogP contribution >= 0.6 is 0 Å². The molecule has 1 atom stereocenters. The maximum absolute atomic E-state index is 12.5. The average molecular weight is 297 g/mol. The first-order chi connectivity index (χ1) is 10.7. The van der Waals surface area contributed by atoms with Gasteiger partial charge in [0, 0.05) is 5.56 Å². The van der Waals surface area contributed by atoms with Gasteiger partial charge in [-0.05, 0) is 18.6 Å². The van der Waals surface area contributed by atoms with Crippen LogP contribution in [0, 0.1) is 0 Å². The van der Waals surface area contributed by atoms with Crippen LogP contribution < -0.4 is 9.47 Å². The van der Waals surface area contributed by atoms with E-state index in [-0.39, 0.29) is 18.6 Å². The molecule has 114 valence electrons. The summed E-state index contributed by atoms with van der Waals surface area (Å²) in [7, 11) is 1.61. The van der Waals surface area contributed by atoms with Gasteiger partial charge in [0.1, 0.15) is 0 Å². The van der Waals surface area contributed by atoms with Crippen LogP contribution in [0.3, 0.4) is 0 Å². The molecule has 4 heteroatoms. The Labute approximate surface area is 130 Å². The van der Waals surface area contributed by atoms with Crippen molar-refractivity contribution in [2.45, 2.75) is 19.5 Å². The Kier molecular flexibility index (Phi) is 4.00. The second-order valence-corrected chi connectivity index (χ2v) is 5.35. The standard InChI is InChI=1S/C18H19NO3/c1-13(14-7-4-3-5-8-14)19-11-15-9-6-10-16(21-2)18(15)22-12-17(19)20/h3-10,13H,11-12H2,1-2H3. The van der Waals surface area contributed by atoms with Gasteiger partial charge in [-0.25, -0.2) is 0 Å². The molecule has 0 radical (unpaired) electrons. The molecule has 0 bridgehead atoms. The zero-order valence-electron chi connectivity index (χ0n) is 12.8. The SMILES string of the molecule is COc1cccc2c1OCC(=O)N(C(C)c1ccccc1)C2. The lowest BCUT2D eigenvalue weighted by Gasteiger charge is -2.27. The number of hydrogen-bond acceptors (Lipinski definition) is 3. The number of nitrogens with zero attached hydrogens (tertiary/aromatic N) is 1. The fourth-order valence-electron chi connectivity index (χ4n) is 2.76. The van der Waals surface area contributed by atoms with E-state index in [4.69, 9.17) is 9.47 Å². The topological polar surface area (TPSA) is 38.8 Å². The van der Waals surface area contributed by atoms with E-state index in [0.29, 0.717) is 18.0 Å². The Balaban J connectivity index is 1.94. The molecule has 22 heavy (non-hydrogen) atoms. The average Bonchev–Trinajstić information content (AvgIpc) is 2.74. The smallest absolute Gasteiger partial charge is 0.261 e. The van der Waals surface area contributed by atoms with Gasteiger partial charge in [-0.2, -0.15) is 0 Å². The van der Waals surface area contributed by atoms with Crippen molar-refractivity contribution in [2.24, 2.45) is 0 Å². The van der Waals surface area contributed by atoms with Crippen molar-refractivity contribution in [3.8, 4) is 11.5 Å². The Morgan fingerprint density at radius 3 is 2.64 bits per heavy atom. The third-order valence-electron chi connectivity index (χ3n) is 4.03. The molecule has 1 heterocycles. The van der Waals surface area contributed by atoms with E-state index in [1.807, 2.05) is 60.4 Å². The number of carbonyl (C=O) groups excluding carboxylic acids is 1. The lowest BCUT2D eigenvalue weighted by Crippen LogP contribution is -2.34. The second-order valence-electron chi connectivity index (χ2n) is 5.35. The highest BCUT2D eigenvalue weighted by Gasteiger charge is 2.27. The Bertz CT molecular complexity index is 669. The molecule has 0 spiro atoms. The highest BCUT2D eigenvalue weighted by atomic mass is 16.5. The Morgan fingerprint density at radius 1 is 1.14 bits per heavy atom. The quantitative estimate of drug-likeness (QED) is 0.873. The predicted octanol–water partition coefficient (Wildman–Crippen LogP) is 3.18. The van der Waals surface area contributed by atoms with Crippen molar-refractivity contribution in [3.63, 3.8) is 0 Å². The third kappa shape index (κ3) is 2.64. The van der Waals surface area contributed by atoms with E-state index < -0.39 is 0 Å². The summed E-state index contributed by atoms with van der Waals surface area (Å²) in [6.07, 6.45) is 0. The van der Waals surface area contributed by atoms with Crippen LogP contribution in [-0.2, 0) is 11.3 Å². The molecule has 0 N–H and O–H groups in total. The van der Waals surface area contributed by atoms with Gasteiger partial charge in [0.05, 0.1) is 19.7 Å². The molecule has 1 aliphatic rings. The molecule has 0 aliphatic carbocycles. The van der Waals surface area contributed by atoms with Crippen LogP contribution in [0.25, 0.3) is 0 Å². The monoisotopic (exact) mass is 297 g/mol. The fraction of sp³-hybridized carbons (Fsp3) is 0.278. The number of methoxy groups -OCH3 is 1. The van der Waals surface area contributed by atoms with Crippen LogP contribution in [-0.4, -0.2) is 24.5 Å². The maximum atomic E-state index is 12.5. The lowest BCUT2D eigenvalue weighted by molar-refractivity contribution is -0.135. The van der Waals surface area contributed by atoms with Gasteiger partial charge >= 0.3 is 0 Å². The minimum absolute atomic E-state index is 0.00514. The molecule has 2 aromatic rings. The molecule has 0 fully saturated rings. The summed E-state index contributed by atoms with van der Waals surface area (Å²) in [5.74, 6) is 1.32. The van der Waals surface area contributed by atoms with Crippen molar-refractivity contribution in [3.05, 3.63) is 59.7 Å².